The SMILES string of the molecule is CCC(C)NC(=O)C(Cc1ccccc1)N(Cc1ccc(Br)cc1)C(=O)CN(c1ccc(Cl)cc1Cl)S(=O)(=O)c1ccccc1. The van der Waals surface area contributed by atoms with Gasteiger partial charge in [0.05, 0.1) is 15.6 Å². The summed E-state index contributed by atoms with van der Waals surface area (Å²) in [6.45, 7) is 3.31. The maximum absolute atomic E-state index is 14.5. The third-order valence-electron chi connectivity index (χ3n) is 7.33. The molecule has 2 unspecified atom stereocenters. The van der Waals surface area contributed by atoms with Crippen molar-refractivity contribution in [1.82, 2.24) is 10.2 Å². The number of nitrogens with zero attached hydrogens (tertiary/aromatic N) is 2. The van der Waals surface area contributed by atoms with E-state index in [9.17, 15) is 18.0 Å². The number of hydrogen-bond donors (Lipinski definition) is 1. The Balaban J connectivity index is 1.82. The number of amides is 2. The first-order chi connectivity index (χ1) is 21.5. The van der Waals surface area contributed by atoms with Crippen LogP contribution in [0.2, 0.25) is 10.0 Å². The molecule has 0 fully saturated rings. The number of nitrogens with one attached hydrogen (secondary N) is 1. The summed E-state index contributed by atoms with van der Waals surface area (Å²) in [5.41, 5.74) is 1.71. The smallest absolute Gasteiger partial charge is 0.264 e. The lowest BCUT2D eigenvalue weighted by Gasteiger charge is -2.34. The van der Waals surface area contributed by atoms with Gasteiger partial charge in [-0.25, -0.2) is 8.42 Å². The minimum absolute atomic E-state index is 0.0152. The lowest BCUT2D eigenvalue weighted by molar-refractivity contribution is -0.140. The molecule has 0 aliphatic carbocycles. The van der Waals surface area contributed by atoms with E-state index in [1.165, 1.54) is 35.2 Å². The van der Waals surface area contributed by atoms with Crippen molar-refractivity contribution < 1.29 is 18.0 Å². The molecule has 2 atom stereocenters. The average Bonchev–Trinajstić information content (AvgIpc) is 3.03. The molecule has 0 aliphatic rings. The first-order valence-corrected chi connectivity index (χ1v) is 17.4. The molecule has 0 spiro atoms. The molecular weight excluding hydrogens is 697 g/mol. The van der Waals surface area contributed by atoms with Crippen LogP contribution in [0.4, 0.5) is 5.69 Å². The second-order valence-electron chi connectivity index (χ2n) is 10.6. The largest absolute Gasteiger partial charge is 0.352 e. The van der Waals surface area contributed by atoms with E-state index in [0.29, 0.717) is 11.4 Å². The van der Waals surface area contributed by atoms with Crippen LogP contribution in [0.1, 0.15) is 31.4 Å². The predicted molar refractivity (Wildman–Crippen MR) is 184 cm³/mol. The van der Waals surface area contributed by atoms with Gasteiger partial charge in [-0.05, 0) is 66.9 Å². The lowest BCUT2D eigenvalue weighted by atomic mass is 10.0. The molecule has 0 radical (unpaired) electrons. The van der Waals surface area contributed by atoms with Crippen LogP contribution in [0, 0.1) is 0 Å². The Labute approximate surface area is 283 Å². The summed E-state index contributed by atoms with van der Waals surface area (Å²) in [6, 6.07) is 28.0. The van der Waals surface area contributed by atoms with E-state index in [4.69, 9.17) is 23.2 Å². The monoisotopic (exact) mass is 729 g/mol. The molecule has 0 saturated carbocycles. The molecule has 4 aromatic rings. The van der Waals surface area contributed by atoms with E-state index in [0.717, 1.165) is 19.9 Å². The van der Waals surface area contributed by atoms with Crippen molar-refractivity contribution >= 4 is 66.7 Å². The molecule has 2 amide bonds. The maximum atomic E-state index is 14.5. The highest BCUT2D eigenvalue weighted by atomic mass is 79.9. The van der Waals surface area contributed by atoms with Gasteiger partial charge in [-0.2, -0.15) is 0 Å². The lowest BCUT2D eigenvalue weighted by Crippen LogP contribution is -2.54. The Morgan fingerprint density at radius 2 is 1.49 bits per heavy atom. The van der Waals surface area contributed by atoms with Gasteiger partial charge in [0.2, 0.25) is 11.8 Å². The topological polar surface area (TPSA) is 86.8 Å². The molecule has 236 valence electrons. The summed E-state index contributed by atoms with van der Waals surface area (Å²) in [4.78, 5) is 29.8. The fourth-order valence-corrected chi connectivity index (χ4v) is 6.98. The van der Waals surface area contributed by atoms with Gasteiger partial charge >= 0.3 is 0 Å². The summed E-state index contributed by atoms with van der Waals surface area (Å²) < 4.78 is 30.0. The van der Waals surface area contributed by atoms with Crippen molar-refractivity contribution in [2.24, 2.45) is 0 Å². The zero-order valence-corrected chi connectivity index (χ0v) is 28.8. The third-order valence-corrected chi connectivity index (χ3v) is 10.2. The summed E-state index contributed by atoms with van der Waals surface area (Å²) in [6.07, 6.45) is 0.918. The number of rotatable bonds is 13. The van der Waals surface area contributed by atoms with E-state index in [2.05, 4.69) is 21.2 Å². The van der Waals surface area contributed by atoms with E-state index in [1.807, 2.05) is 68.4 Å². The molecule has 7 nitrogen and oxygen atoms in total. The molecule has 0 heterocycles. The van der Waals surface area contributed by atoms with Gasteiger partial charge in [0.15, 0.2) is 0 Å². The normalized spacial score (nSPS) is 12.6. The van der Waals surface area contributed by atoms with Crippen molar-refractivity contribution in [2.75, 3.05) is 10.8 Å². The summed E-state index contributed by atoms with van der Waals surface area (Å²) in [7, 11) is -4.27. The number of halogens is 3. The first-order valence-electron chi connectivity index (χ1n) is 14.4. The molecule has 11 heteroatoms. The van der Waals surface area contributed by atoms with Crippen LogP contribution >= 0.6 is 39.1 Å². The molecule has 0 aliphatic heterocycles. The Morgan fingerprint density at radius 1 is 0.867 bits per heavy atom. The number of carbonyl (C=O) groups is 2. The second-order valence-corrected chi connectivity index (χ2v) is 14.2. The summed E-state index contributed by atoms with van der Waals surface area (Å²) in [5, 5.41) is 3.40. The predicted octanol–water partition coefficient (Wildman–Crippen LogP) is 7.51. The molecule has 0 saturated heterocycles. The zero-order chi connectivity index (χ0) is 32.6. The van der Waals surface area contributed by atoms with Crippen LogP contribution in [0.5, 0.6) is 0 Å². The molecule has 4 rings (SSSR count). The Bertz CT molecular complexity index is 1710. The summed E-state index contributed by atoms with van der Waals surface area (Å²) >= 11 is 16.1. The van der Waals surface area contributed by atoms with Crippen LogP contribution in [0.3, 0.4) is 0 Å². The highest BCUT2D eigenvalue weighted by Gasteiger charge is 2.35. The van der Waals surface area contributed by atoms with Gasteiger partial charge in [-0.1, -0.05) is 107 Å². The van der Waals surface area contributed by atoms with Crippen LogP contribution in [0.15, 0.2) is 112 Å². The van der Waals surface area contributed by atoms with E-state index in [-0.39, 0.29) is 40.5 Å². The highest BCUT2D eigenvalue weighted by Crippen LogP contribution is 2.33. The average molecular weight is 732 g/mol. The molecule has 4 aromatic carbocycles. The van der Waals surface area contributed by atoms with Crippen LogP contribution in [-0.4, -0.2) is 43.8 Å². The Morgan fingerprint density at radius 3 is 2.09 bits per heavy atom. The maximum Gasteiger partial charge on any atom is 0.264 e. The van der Waals surface area contributed by atoms with Gasteiger partial charge in [-0.15, -0.1) is 0 Å². The number of anilines is 1. The van der Waals surface area contributed by atoms with Gasteiger partial charge in [0, 0.05) is 28.5 Å². The Hall–Kier alpha value is -3.37. The molecule has 45 heavy (non-hydrogen) atoms. The first kappa shape index (κ1) is 34.5. The molecule has 0 bridgehead atoms. The number of benzene rings is 4. The van der Waals surface area contributed by atoms with E-state index < -0.39 is 28.5 Å². The van der Waals surface area contributed by atoms with Crippen LogP contribution in [0.25, 0.3) is 0 Å². The number of carbonyl (C=O) groups excluding carboxylic acids is 2. The van der Waals surface area contributed by atoms with Gasteiger partial charge < -0.3 is 10.2 Å². The number of sulfonamides is 1. The fraction of sp³-hybridized carbons (Fsp3) is 0.235. The highest BCUT2D eigenvalue weighted by molar-refractivity contribution is 9.10. The zero-order valence-electron chi connectivity index (χ0n) is 24.9. The quantitative estimate of drug-likeness (QED) is 0.154. The molecular formula is C34H34BrCl2N3O4S. The van der Waals surface area contributed by atoms with Crippen molar-refractivity contribution in [3.8, 4) is 0 Å². The molecule has 1 N–H and O–H groups in total. The van der Waals surface area contributed by atoms with Crippen molar-refractivity contribution in [1.29, 1.82) is 0 Å². The number of hydrogen-bond acceptors (Lipinski definition) is 4. The Kier molecular flexibility index (Phi) is 12.1. The van der Waals surface area contributed by atoms with Gasteiger partial charge in [-0.3, -0.25) is 13.9 Å². The van der Waals surface area contributed by atoms with Crippen LogP contribution < -0.4 is 9.62 Å². The van der Waals surface area contributed by atoms with Gasteiger partial charge in [0.1, 0.15) is 12.6 Å². The van der Waals surface area contributed by atoms with Crippen molar-refractivity contribution in [2.45, 2.75) is 50.2 Å². The summed E-state index contributed by atoms with van der Waals surface area (Å²) in [5.74, 6) is -0.913. The van der Waals surface area contributed by atoms with E-state index in [1.54, 1.807) is 18.2 Å². The second kappa shape index (κ2) is 15.8. The van der Waals surface area contributed by atoms with E-state index >= 15 is 0 Å². The minimum Gasteiger partial charge on any atom is -0.352 e. The minimum atomic E-state index is -4.27. The fourth-order valence-electron chi connectivity index (χ4n) is 4.70. The van der Waals surface area contributed by atoms with Gasteiger partial charge in [0.25, 0.3) is 10.0 Å². The van der Waals surface area contributed by atoms with Crippen LogP contribution in [-0.2, 0) is 32.6 Å². The van der Waals surface area contributed by atoms with Crippen molar-refractivity contribution in [3.05, 3.63) is 129 Å². The van der Waals surface area contributed by atoms with Crippen molar-refractivity contribution in [3.63, 3.8) is 0 Å². The standard InChI is InChI=1S/C34H34BrCl2N3O4S/c1-3-24(2)38-34(42)32(20-25-10-6-4-7-11-25)39(22-26-14-16-27(35)17-15-26)33(41)23-40(31-19-18-28(36)21-30(31)37)45(43,44)29-12-8-5-9-13-29/h4-19,21,24,32H,3,20,22-23H2,1-2H3,(H,38,42). The third kappa shape index (κ3) is 9.10. The molecule has 0 aromatic heterocycles.